The van der Waals surface area contributed by atoms with Gasteiger partial charge in [0.05, 0.1) is 0 Å². The molecule has 0 aliphatic carbocycles. The summed E-state index contributed by atoms with van der Waals surface area (Å²) in [5.74, 6) is 0.348. The van der Waals surface area contributed by atoms with Gasteiger partial charge < -0.3 is 10.2 Å². The summed E-state index contributed by atoms with van der Waals surface area (Å²) in [5, 5.41) is 12.4. The number of nitrogens with one attached hydrogen (secondary N) is 1. The molecule has 0 bridgehead atoms. The first-order chi connectivity index (χ1) is 12.3. The first-order valence-electron chi connectivity index (χ1n) is 8.83. The standard InChI is InChI=1S/C19H24N4O2S/c1-11(2)5-16(24)20-19-22-21-18(26-19)14-9-17(25)23(10-14)15-7-12(3)6-13(4)8-15/h6-8,11,14H,5,9-10H2,1-4H3,(H,20,22,24)/t14-/m0/s1. The fourth-order valence-electron chi connectivity index (χ4n) is 3.22. The Balaban J connectivity index is 1.70. The van der Waals surface area contributed by atoms with E-state index in [-0.39, 0.29) is 17.7 Å². The molecule has 7 heteroatoms. The molecule has 1 saturated heterocycles. The van der Waals surface area contributed by atoms with Gasteiger partial charge in [-0.2, -0.15) is 0 Å². The van der Waals surface area contributed by atoms with Crippen LogP contribution in [0.2, 0.25) is 0 Å². The minimum absolute atomic E-state index is 0.0107. The highest BCUT2D eigenvalue weighted by atomic mass is 32.1. The highest BCUT2D eigenvalue weighted by Gasteiger charge is 2.34. The van der Waals surface area contributed by atoms with Gasteiger partial charge in [0.25, 0.3) is 0 Å². The molecule has 1 aliphatic rings. The number of carbonyl (C=O) groups excluding carboxylic acids is 2. The lowest BCUT2D eigenvalue weighted by molar-refractivity contribution is -0.117. The molecule has 26 heavy (non-hydrogen) atoms. The lowest BCUT2D eigenvalue weighted by atomic mass is 10.1. The molecule has 1 aliphatic heterocycles. The second kappa shape index (κ2) is 7.53. The summed E-state index contributed by atoms with van der Waals surface area (Å²) < 4.78 is 0. The van der Waals surface area contributed by atoms with E-state index in [9.17, 15) is 9.59 Å². The predicted octanol–water partition coefficient (Wildman–Crippen LogP) is 3.66. The molecule has 0 radical (unpaired) electrons. The minimum atomic E-state index is -0.0536. The van der Waals surface area contributed by atoms with Gasteiger partial charge in [0.15, 0.2) is 0 Å². The largest absolute Gasteiger partial charge is 0.312 e. The molecule has 138 valence electrons. The summed E-state index contributed by atoms with van der Waals surface area (Å²) in [6.45, 7) is 8.65. The van der Waals surface area contributed by atoms with Gasteiger partial charge in [-0.15, -0.1) is 10.2 Å². The summed E-state index contributed by atoms with van der Waals surface area (Å²) >= 11 is 1.36. The van der Waals surface area contributed by atoms with E-state index < -0.39 is 0 Å². The van der Waals surface area contributed by atoms with Crippen LogP contribution in [0, 0.1) is 19.8 Å². The number of hydrogen-bond donors (Lipinski definition) is 1. The first kappa shape index (κ1) is 18.5. The maximum atomic E-state index is 12.5. The molecule has 2 heterocycles. The van der Waals surface area contributed by atoms with Gasteiger partial charge in [0, 0.05) is 31.0 Å². The smallest absolute Gasteiger partial charge is 0.227 e. The molecule has 1 N–H and O–H groups in total. The number of nitrogens with zero attached hydrogens (tertiary/aromatic N) is 3. The summed E-state index contributed by atoms with van der Waals surface area (Å²) in [7, 11) is 0. The number of hydrogen-bond acceptors (Lipinski definition) is 5. The van der Waals surface area contributed by atoms with Crippen molar-refractivity contribution in [3.63, 3.8) is 0 Å². The van der Waals surface area contributed by atoms with Gasteiger partial charge in [-0.25, -0.2) is 0 Å². The van der Waals surface area contributed by atoms with Gasteiger partial charge >= 0.3 is 0 Å². The number of rotatable bonds is 5. The molecule has 1 aromatic carbocycles. The predicted molar refractivity (Wildman–Crippen MR) is 104 cm³/mol. The second-order valence-corrected chi connectivity index (χ2v) is 8.35. The number of anilines is 2. The Labute approximate surface area is 157 Å². The fraction of sp³-hybridized carbons (Fsp3) is 0.474. The van der Waals surface area contributed by atoms with Crippen molar-refractivity contribution in [1.29, 1.82) is 0 Å². The first-order valence-corrected chi connectivity index (χ1v) is 9.65. The van der Waals surface area contributed by atoms with E-state index in [0.29, 0.717) is 30.4 Å². The van der Waals surface area contributed by atoms with Crippen LogP contribution in [0.4, 0.5) is 10.8 Å². The van der Waals surface area contributed by atoms with Crippen LogP contribution < -0.4 is 10.2 Å². The van der Waals surface area contributed by atoms with Crippen molar-refractivity contribution in [2.75, 3.05) is 16.8 Å². The van der Waals surface area contributed by atoms with Gasteiger partial charge in [0.1, 0.15) is 5.01 Å². The Hall–Kier alpha value is -2.28. The van der Waals surface area contributed by atoms with Gasteiger partial charge in [0.2, 0.25) is 16.9 Å². The van der Waals surface area contributed by atoms with E-state index >= 15 is 0 Å². The quantitative estimate of drug-likeness (QED) is 0.869. The molecular formula is C19H24N4O2S. The van der Waals surface area contributed by atoms with E-state index in [4.69, 9.17) is 0 Å². The molecule has 0 spiro atoms. The van der Waals surface area contributed by atoms with Gasteiger partial charge in [-0.3, -0.25) is 9.59 Å². The van der Waals surface area contributed by atoms with Crippen LogP contribution >= 0.6 is 11.3 Å². The molecule has 2 aromatic rings. The van der Waals surface area contributed by atoms with Crippen molar-refractivity contribution in [2.24, 2.45) is 5.92 Å². The van der Waals surface area contributed by atoms with Crippen LogP contribution in [0.25, 0.3) is 0 Å². The molecule has 0 saturated carbocycles. The van der Waals surface area contributed by atoms with E-state index in [1.165, 1.54) is 11.3 Å². The van der Waals surface area contributed by atoms with E-state index in [2.05, 4.69) is 21.6 Å². The Morgan fingerprint density at radius 1 is 1.27 bits per heavy atom. The molecule has 0 unspecified atom stereocenters. The average Bonchev–Trinajstić information content (AvgIpc) is 3.12. The summed E-state index contributed by atoms with van der Waals surface area (Å²) in [6.07, 6.45) is 0.874. The summed E-state index contributed by atoms with van der Waals surface area (Å²) in [5.41, 5.74) is 3.22. The molecule has 3 rings (SSSR count). The van der Waals surface area contributed by atoms with Crippen LogP contribution in [0.1, 0.15) is 48.7 Å². The number of benzene rings is 1. The fourth-order valence-corrected chi connectivity index (χ4v) is 4.07. The van der Waals surface area contributed by atoms with E-state index in [1.54, 1.807) is 0 Å². The third-order valence-electron chi connectivity index (χ3n) is 4.27. The van der Waals surface area contributed by atoms with Crippen LogP contribution in [-0.2, 0) is 9.59 Å². The lowest BCUT2D eigenvalue weighted by Gasteiger charge is -2.17. The van der Waals surface area contributed by atoms with E-state index in [0.717, 1.165) is 21.8 Å². The Bertz CT molecular complexity index is 810. The van der Waals surface area contributed by atoms with Crippen molar-refractivity contribution in [1.82, 2.24) is 10.2 Å². The third kappa shape index (κ3) is 4.27. The van der Waals surface area contributed by atoms with Crippen molar-refractivity contribution in [2.45, 2.75) is 46.5 Å². The van der Waals surface area contributed by atoms with E-state index in [1.807, 2.05) is 44.7 Å². The molecule has 2 amide bonds. The Kier molecular flexibility index (Phi) is 5.36. The minimum Gasteiger partial charge on any atom is -0.312 e. The molecule has 1 aromatic heterocycles. The zero-order valence-corrected chi connectivity index (χ0v) is 16.4. The zero-order valence-electron chi connectivity index (χ0n) is 15.6. The summed E-state index contributed by atoms with van der Waals surface area (Å²) in [6, 6.07) is 6.16. The number of carbonyl (C=O) groups is 2. The topological polar surface area (TPSA) is 75.2 Å². The summed E-state index contributed by atoms with van der Waals surface area (Å²) in [4.78, 5) is 26.2. The number of aromatic nitrogens is 2. The molecular weight excluding hydrogens is 348 g/mol. The molecule has 6 nitrogen and oxygen atoms in total. The highest BCUT2D eigenvalue weighted by Crippen LogP contribution is 2.34. The van der Waals surface area contributed by atoms with Crippen molar-refractivity contribution in [3.8, 4) is 0 Å². The normalized spacial score (nSPS) is 17.2. The zero-order chi connectivity index (χ0) is 18.8. The lowest BCUT2D eigenvalue weighted by Crippen LogP contribution is -2.24. The van der Waals surface area contributed by atoms with Crippen molar-refractivity contribution in [3.05, 3.63) is 34.3 Å². The van der Waals surface area contributed by atoms with Crippen LogP contribution in [-0.4, -0.2) is 28.6 Å². The Morgan fingerprint density at radius 3 is 2.62 bits per heavy atom. The van der Waals surface area contributed by atoms with Crippen LogP contribution in [0.5, 0.6) is 0 Å². The maximum Gasteiger partial charge on any atom is 0.227 e. The second-order valence-electron chi connectivity index (χ2n) is 7.34. The third-order valence-corrected chi connectivity index (χ3v) is 5.27. The van der Waals surface area contributed by atoms with Crippen molar-refractivity contribution < 1.29 is 9.59 Å². The van der Waals surface area contributed by atoms with Gasteiger partial charge in [-0.05, 0) is 43.0 Å². The highest BCUT2D eigenvalue weighted by molar-refractivity contribution is 7.15. The molecule has 1 atom stereocenters. The number of amides is 2. The average molecular weight is 372 g/mol. The Morgan fingerprint density at radius 2 is 1.96 bits per heavy atom. The van der Waals surface area contributed by atoms with Crippen molar-refractivity contribution >= 4 is 34.0 Å². The maximum absolute atomic E-state index is 12.5. The monoisotopic (exact) mass is 372 g/mol. The van der Waals surface area contributed by atoms with Gasteiger partial charge in [-0.1, -0.05) is 31.3 Å². The SMILES string of the molecule is Cc1cc(C)cc(N2C[C@@H](c3nnc(NC(=O)CC(C)C)s3)CC2=O)c1. The van der Waals surface area contributed by atoms with Crippen LogP contribution in [0.15, 0.2) is 18.2 Å². The van der Waals surface area contributed by atoms with Crippen LogP contribution in [0.3, 0.4) is 0 Å². The molecule has 1 fully saturated rings. The number of aryl methyl sites for hydroxylation is 2.